The van der Waals surface area contributed by atoms with Gasteiger partial charge in [-0.2, -0.15) is 0 Å². The zero-order valence-corrected chi connectivity index (χ0v) is 23.6. The van der Waals surface area contributed by atoms with Crippen molar-refractivity contribution in [2.24, 2.45) is 0 Å². The second kappa shape index (κ2) is 14.8. The highest BCUT2D eigenvalue weighted by molar-refractivity contribution is 6.01. The second-order valence-corrected chi connectivity index (χ2v) is 10.1. The normalized spacial score (nSPS) is 14.3. The molecule has 0 aliphatic carbocycles. The van der Waals surface area contributed by atoms with Crippen molar-refractivity contribution >= 4 is 29.4 Å². The molecule has 1 aliphatic rings. The third kappa shape index (κ3) is 8.40. The first-order valence-corrected chi connectivity index (χ1v) is 14.0. The predicted octanol–water partition coefficient (Wildman–Crippen LogP) is 3.48. The molecule has 1 aliphatic heterocycles. The maximum atomic E-state index is 13.4. The van der Waals surface area contributed by atoms with Crippen LogP contribution in [0.1, 0.15) is 51.1 Å². The zero-order chi connectivity index (χ0) is 29.9. The van der Waals surface area contributed by atoms with Crippen LogP contribution in [0.25, 0.3) is 0 Å². The van der Waals surface area contributed by atoms with Crippen molar-refractivity contribution in [1.82, 2.24) is 15.5 Å². The first kappa shape index (κ1) is 30.3. The molecule has 1 atom stereocenters. The SMILES string of the molecule is CNCCOc1ccc(C(=O)NCc2cccc(C(=O)N3CCCC3C(=O)Nc3ccc(CCC(=O)O)cc3)c2)cc1. The summed E-state index contributed by atoms with van der Waals surface area (Å²) in [5, 5.41) is 17.6. The van der Waals surface area contributed by atoms with E-state index in [1.165, 1.54) is 0 Å². The Hall–Kier alpha value is -4.70. The Morgan fingerprint density at radius 1 is 0.952 bits per heavy atom. The Morgan fingerprint density at radius 2 is 1.71 bits per heavy atom. The molecule has 42 heavy (non-hydrogen) atoms. The summed E-state index contributed by atoms with van der Waals surface area (Å²) in [4.78, 5) is 51.5. The van der Waals surface area contributed by atoms with E-state index in [9.17, 15) is 19.2 Å². The maximum absolute atomic E-state index is 13.4. The van der Waals surface area contributed by atoms with Gasteiger partial charge in [-0.1, -0.05) is 24.3 Å². The minimum Gasteiger partial charge on any atom is -0.492 e. The van der Waals surface area contributed by atoms with Crippen LogP contribution in [-0.2, 0) is 22.6 Å². The number of nitrogens with one attached hydrogen (secondary N) is 3. The number of nitrogens with zero attached hydrogens (tertiary/aromatic N) is 1. The molecule has 4 rings (SSSR count). The van der Waals surface area contributed by atoms with E-state index in [0.29, 0.717) is 55.0 Å². The fourth-order valence-electron chi connectivity index (χ4n) is 4.75. The van der Waals surface area contributed by atoms with Crippen LogP contribution in [0.2, 0.25) is 0 Å². The first-order chi connectivity index (χ1) is 20.3. The van der Waals surface area contributed by atoms with Crippen LogP contribution >= 0.6 is 0 Å². The van der Waals surface area contributed by atoms with Gasteiger partial charge in [-0.25, -0.2) is 0 Å². The van der Waals surface area contributed by atoms with Crippen LogP contribution in [-0.4, -0.2) is 66.5 Å². The topological polar surface area (TPSA) is 137 Å². The van der Waals surface area contributed by atoms with E-state index >= 15 is 0 Å². The van der Waals surface area contributed by atoms with Crippen molar-refractivity contribution in [2.45, 2.75) is 38.3 Å². The molecule has 0 bridgehead atoms. The monoisotopic (exact) mass is 572 g/mol. The zero-order valence-electron chi connectivity index (χ0n) is 23.6. The van der Waals surface area contributed by atoms with Crippen molar-refractivity contribution in [1.29, 1.82) is 0 Å². The summed E-state index contributed by atoms with van der Waals surface area (Å²) < 4.78 is 5.59. The quantitative estimate of drug-likeness (QED) is 0.230. The molecule has 10 nitrogen and oxygen atoms in total. The van der Waals surface area contributed by atoms with Crippen molar-refractivity contribution in [3.05, 3.63) is 95.1 Å². The number of carbonyl (C=O) groups is 4. The molecule has 0 saturated carbocycles. The molecule has 0 radical (unpaired) electrons. The maximum Gasteiger partial charge on any atom is 0.303 e. The molecule has 0 spiro atoms. The molecule has 1 heterocycles. The Labute approximate surface area is 245 Å². The van der Waals surface area contributed by atoms with Gasteiger partial charge in [-0.3, -0.25) is 19.2 Å². The van der Waals surface area contributed by atoms with Crippen LogP contribution in [0.5, 0.6) is 5.75 Å². The number of carboxylic acids is 1. The molecular formula is C32H36N4O6. The number of amides is 3. The number of carbonyl (C=O) groups excluding carboxylic acids is 3. The van der Waals surface area contributed by atoms with Crippen molar-refractivity contribution in [2.75, 3.05) is 32.1 Å². The highest BCUT2D eigenvalue weighted by atomic mass is 16.5. The minimum atomic E-state index is -0.860. The third-order valence-electron chi connectivity index (χ3n) is 7.03. The standard InChI is InChI=1S/C32H36N4O6/c1-33-17-19-42-27-14-10-24(11-15-27)30(39)34-21-23-4-2-5-25(20-23)32(41)36-18-3-6-28(36)31(40)35-26-12-7-22(8-13-26)9-16-29(37)38/h2,4-5,7-8,10-15,20,28,33H,3,6,9,16-19,21H2,1H3,(H,34,39)(H,35,40)(H,37,38). The number of likely N-dealkylation sites (tertiary alicyclic amines) is 1. The second-order valence-electron chi connectivity index (χ2n) is 10.1. The van der Waals surface area contributed by atoms with E-state index in [4.69, 9.17) is 9.84 Å². The summed E-state index contributed by atoms with van der Waals surface area (Å²) in [5.74, 6) is -0.908. The molecule has 4 N–H and O–H groups in total. The lowest BCUT2D eigenvalue weighted by atomic mass is 10.1. The van der Waals surface area contributed by atoms with Crippen molar-refractivity contribution in [3.8, 4) is 5.75 Å². The number of anilines is 1. The number of aryl methyl sites for hydroxylation is 1. The van der Waals surface area contributed by atoms with E-state index in [0.717, 1.165) is 17.7 Å². The summed E-state index contributed by atoms with van der Waals surface area (Å²) in [7, 11) is 1.85. The Morgan fingerprint density at radius 3 is 2.43 bits per heavy atom. The van der Waals surface area contributed by atoms with Gasteiger partial charge in [0, 0.05) is 42.9 Å². The van der Waals surface area contributed by atoms with Gasteiger partial charge in [0.25, 0.3) is 11.8 Å². The fraction of sp³-hybridized carbons (Fsp3) is 0.312. The van der Waals surface area contributed by atoms with Gasteiger partial charge in [0.1, 0.15) is 18.4 Å². The number of benzene rings is 3. The number of likely N-dealkylation sites (N-methyl/N-ethyl adjacent to an activating group) is 1. The van der Waals surface area contributed by atoms with Gasteiger partial charge in [0.2, 0.25) is 5.91 Å². The lowest BCUT2D eigenvalue weighted by molar-refractivity contribution is -0.137. The lowest BCUT2D eigenvalue weighted by Crippen LogP contribution is -2.43. The van der Waals surface area contributed by atoms with Gasteiger partial charge < -0.3 is 30.7 Å². The molecule has 3 amide bonds. The Balaban J connectivity index is 1.32. The van der Waals surface area contributed by atoms with E-state index in [2.05, 4.69) is 16.0 Å². The molecule has 220 valence electrons. The van der Waals surface area contributed by atoms with Crippen LogP contribution in [0, 0.1) is 0 Å². The molecule has 1 saturated heterocycles. The van der Waals surface area contributed by atoms with E-state index in [1.54, 1.807) is 71.6 Å². The molecule has 10 heteroatoms. The Kier molecular flexibility index (Phi) is 10.7. The first-order valence-electron chi connectivity index (χ1n) is 14.0. The summed E-state index contributed by atoms with van der Waals surface area (Å²) in [6.07, 6.45) is 1.73. The average Bonchev–Trinajstić information content (AvgIpc) is 3.50. The van der Waals surface area contributed by atoms with Gasteiger partial charge in [-0.05, 0) is 86.0 Å². The van der Waals surface area contributed by atoms with Gasteiger partial charge >= 0.3 is 5.97 Å². The number of aliphatic carboxylic acids is 1. The Bertz CT molecular complexity index is 1390. The van der Waals surface area contributed by atoms with E-state index in [-0.39, 0.29) is 30.7 Å². The molecule has 1 fully saturated rings. The van der Waals surface area contributed by atoms with Crippen molar-refractivity contribution in [3.63, 3.8) is 0 Å². The van der Waals surface area contributed by atoms with Crippen LogP contribution in [0.3, 0.4) is 0 Å². The van der Waals surface area contributed by atoms with Gasteiger partial charge in [0.05, 0.1) is 0 Å². The third-order valence-corrected chi connectivity index (χ3v) is 7.03. The van der Waals surface area contributed by atoms with Crippen LogP contribution < -0.4 is 20.7 Å². The summed E-state index contributed by atoms with van der Waals surface area (Å²) in [5.41, 5.74) is 3.18. The molecule has 3 aromatic rings. The summed E-state index contributed by atoms with van der Waals surface area (Å²) in [6, 6.07) is 20.4. The molecular weight excluding hydrogens is 536 g/mol. The smallest absolute Gasteiger partial charge is 0.303 e. The number of hydrogen-bond donors (Lipinski definition) is 4. The van der Waals surface area contributed by atoms with Crippen LogP contribution in [0.15, 0.2) is 72.8 Å². The number of rotatable bonds is 13. The van der Waals surface area contributed by atoms with E-state index < -0.39 is 12.0 Å². The number of hydrogen-bond acceptors (Lipinski definition) is 6. The molecule has 0 aromatic heterocycles. The molecule has 1 unspecified atom stereocenters. The highest BCUT2D eigenvalue weighted by Crippen LogP contribution is 2.23. The largest absolute Gasteiger partial charge is 0.492 e. The minimum absolute atomic E-state index is 0.0414. The summed E-state index contributed by atoms with van der Waals surface area (Å²) >= 11 is 0. The predicted molar refractivity (Wildman–Crippen MR) is 159 cm³/mol. The average molecular weight is 573 g/mol. The van der Waals surface area contributed by atoms with Crippen LogP contribution in [0.4, 0.5) is 5.69 Å². The fourth-order valence-corrected chi connectivity index (χ4v) is 4.75. The van der Waals surface area contributed by atoms with Gasteiger partial charge in [0.15, 0.2) is 0 Å². The number of carboxylic acid groups (broad SMARTS) is 1. The molecule has 3 aromatic carbocycles. The van der Waals surface area contributed by atoms with Crippen molar-refractivity contribution < 1.29 is 29.0 Å². The van der Waals surface area contributed by atoms with E-state index in [1.807, 2.05) is 13.1 Å². The lowest BCUT2D eigenvalue weighted by Gasteiger charge is -2.24. The highest BCUT2D eigenvalue weighted by Gasteiger charge is 2.34. The summed E-state index contributed by atoms with van der Waals surface area (Å²) in [6.45, 7) is 1.97. The number of ether oxygens (including phenoxy) is 1. The van der Waals surface area contributed by atoms with Gasteiger partial charge in [-0.15, -0.1) is 0 Å².